The molecular formula is C20H23NO2S. The van der Waals surface area contributed by atoms with Crippen LogP contribution in [0.2, 0.25) is 0 Å². The molecule has 2 aromatic rings. The Kier molecular flexibility index (Phi) is 5.81. The molecule has 126 valence electrons. The third-order valence-electron chi connectivity index (χ3n) is 4.31. The van der Waals surface area contributed by atoms with Gasteiger partial charge in [0.2, 0.25) is 0 Å². The molecule has 1 aliphatic rings. The molecule has 3 rings (SSSR count). The van der Waals surface area contributed by atoms with Gasteiger partial charge in [-0.05, 0) is 30.5 Å². The number of aryl methyl sites for hydroxylation is 1. The lowest BCUT2D eigenvalue weighted by atomic mass is 10.1. The zero-order valence-corrected chi connectivity index (χ0v) is 14.8. The Morgan fingerprint density at radius 2 is 1.88 bits per heavy atom. The minimum absolute atomic E-state index is 0.0764. The van der Waals surface area contributed by atoms with Gasteiger partial charge in [0.05, 0.1) is 0 Å². The number of para-hydroxylation sites is 1. The van der Waals surface area contributed by atoms with Gasteiger partial charge in [0.15, 0.2) is 6.61 Å². The summed E-state index contributed by atoms with van der Waals surface area (Å²) in [6.45, 7) is 3.70. The summed E-state index contributed by atoms with van der Waals surface area (Å²) in [5.74, 6) is 1.83. The van der Waals surface area contributed by atoms with Crippen molar-refractivity contribution in [2.24, 2.45) is 0 Å². The van der Waals surface area contributed by atoms with Gasteiger partial charge in [-0.25, -0.2) is 0 Å². The standard InChI is InChI=1S/C20H23NO2S/c1-16-7-5-6-10-18(16)23-15-20(22)21-12-11-19(24-14-13-21)17-8-3-2-4-9-17/h2-10,19H,11-15H2,1H3. The molecular weight excluding hydrogens is 318 g/mol. The van der Waals surface area contributed by atoms with Gasteiger partial charge in [-0.15, -0.1) is 0 Å². The molecule has 0 spiro atoms. The van der Waals surface area contributed by atoms with Crippen molar-refractivity contribution in [3.8, 4) is 5.75 Å². The van der Waals surface area contributed by atoms with Gasteiger partial charge in [0.1, 0.15) is 5.75 Å². The van der Waals surface area contributed by atoms with Crippen LogP contribution in [0, 0.1) is 6.92 Å². The average Bonchev–Trinajstić information content (AvgIpc) is 2.88. The van der Waals surface area contributed by atoms with Gasteiger partial charge in [-0.1, -0.05) is 48.5 Å². The van der Waals surface area contributed by atoms with Crippen LogP contribution in [0.3, 0.4) is 0 Å². The predicted molar refractivity (Wildman–Crippen MR) is 99.5 cm³/mol. The largest absolute Gasteiger partial charge is 0.484 e. The molecule has 0 radical (unpaired) electrons. The molecule has 0 N–H and O–H groups in total. The number of hydrogen-bond acceptors (Lipinski definition) is 3. The summed E-state index contributed by atoms with van der Waals surface area (Å²) in [7, 11) is 0. The van der Waals surface area contributed by atoms with Crippen LogP contribution in [0.4, 0.5) is 0 Å². The molecule has 0 aromatic heterocycles. The van der Waals surface area contributed by atoms with E-state index in [9.17, 15) is 4.79 Å². The molecule has 1 unspecified atom stereocenters. The summed E-state index contributed by atoms with van der Waals surface area (Å²) in [5.41, 5.74) is 2.41. The van der Waals surface area contributed by atoms with Gasteiger partial charge < -0.3 is 9.64 Å². The van der Waals surface area contributed by atoms with Crippen molar-refractivity contribution >= 4 is 17.7 Å². The van der Waals surface area contributed by atoms with Crippen molar-refractivity contribution in [1.82, 2.24) is 4.90 Å². The molecule has 0 saturated carbocycles. The highest BCUT2D eigenvalue weighted by atomic mass is 32.2. The summed E-state index contributed by atoms with van der Waals surface area (Å²) in [5, 5.41) is 0.473. The average molecular weight is 341 g/mol. The van der Waals surface area contributed by atoms with Crippen molar-refractivity contribution < 1.29 is 9.53 Å². The van der Waals surface area contributed by atoms with Crippen LogP contribution < -0.4 is 4.74 Å². The summed E-state index contributed by atoms with van der Waals surface area (Å²) in [6, 6.07) is 18.4. The maximum absolute atomic E-state index is 12.5. The van der Waals surface area contributed by atoms with Crippen LogP contribution in [-0.4, -0.2) is 36.3 Å². The molecule has 1 fully saturated rings. The first kappa shape index (κ1) is 16.9. The highest BCUT2D eigenvalue weighted by molar-refractivity contribution is 7.99. The number of ether oxygens (including phenoxy) is 1. The Morgan fingerprint density at radius 1 is 1.12 bits per heavy atom. The van der Waals surface area contributed by atoms with Gasteiger partial charge >= 0.3 is 0 Å². The lowest BCUT2D eigenvalue weighted by molar-refractivity contribution is -0.133. The minimum atomic E-state index is 0.0764. The predicted octanol–water partition coefficient (Wildman–Crippen LogP) is 4.08. The van der Waals surface area contributed by atoms with Gasteiger partial charge in [0, 0.05) is 24.1 Å². The number of hydrogen-bond donors (Lipinski definition) is 0. The maximum atomic E-state index is 12.5. The Bertz CT molecular complexity index is 674. The number of carbonyl (C=O) groups excluding carboxylic acids is 1. The van der Waals surface area contributed by atoms with Crippen LogP contribution in [0.1, 0.15) is 22.8 Å². The summed E-state index contributed by atoms with van der Waals surface area (Å²) in [4.78, 5) is 14.4. The van der Waals surface area contributed by atoms with Crippen LogP contribution in [0.15, 0.2) is 54.6 Å². The number of thioether (sulfide) groups is 1. The minimum Gasteiger partial charge on any atom is -0.484 e. The Balaban J connectivity index is 1.54. The summed E-state index contributed by atoms with van der Waals surface area (Å²) in [6.07, 6.45) is 0.991. The Hall–Kier alpha value is -1.94. The first-order valence-electron chi connectivity index (χ1n) is 8.37. The van der Waals surface area contributed by atoms with E-state index in [0.29, 0.717) is 5.25 Å². The lowest BCUT2D eigenvalue weighted by Crippen LogP contribution is -2.36. The fourth-order valence-electron chi connectivity index (χ4n) is 2.90. The number of rotatable bonds is 4. The smallest absolute Gasteiger partial charge is 0.260 e. The van der Waals surface area contributed by atoms with E-state index >= 15 is 0 Å². The quantitative estimate of drug-likeness (QED) is 0.839. The van der Waals surface area contributed by atoms with E-state index < -0.39 is 0 Å². The van der Waals surface area contributed by atoms with E-state index in [1.807, 2.05) is 53.9 Å². The van der Waals surface area contributed by atoms with E-state index in [-0.39, 0.29) is 12.5 Å². The molecule has 24 heavy (non-hydrogen) atoms. The highest BCUT2D eigenvalue weighted by Gasteiger charge is 2.22. The van der Waals surface area contributed by atoms with Crippen molar-refractivity contribution in [3.63, 3.8) is 0 Å². The maximum Gasteiger partial charge on any atom is 0.260 e. The zero-order chi connectivity index (χ0) is 16.8. The molecule has 0 aliphatic carbocycles. The Morgan fingerprint density at radius 3 is 2.67 bits per heavy atom. The molecule has 1 atom stereocenters. The first-order chi connectivity index (χ1) is 11.7. The molecule has 1 saturated heterocycles. The fraction of sp³-hybridized carbons (Fsp3) is 0.350. The van der Waals surface area contributed by atoms with E-state index in [1.165, 1.54) is 5.56 Å². The molecule has 1 heterocycles. The molecule has 0 bridgehead atoms. The number of carbonyl (C=O) groups is 1. The van der Waals surface area contributed by atoms with E-state index in [1.54, 1.807) is 0 Å². The molecule has 3 nitrogen and oxygen atoms in total. The van der Waals surface area contributed by atoms with Gasteiger partial charge in [0.25, 0.3) is 5.91 Å². The highest BCUT2D eigenvalue weighted by Crippen LogP contribution is 2.34. The molecule has 1 amide bonds. The van der Waals surface area contributed by atoms with Gasteiger partial charge in [-0.2, -0.15) is 11.8 Å². The molecule has 4 heteroatoms. The number of amides is 1. The molecule has 2 aromatic carbocycles. The number of nitrogens with zero attached hydrogens (tertiary/aromatic N) is 1. The van der Waals surface area contributed by atoms with Crippen LogP contribution in [0.25, 0.3) is 0 Å². The second-order valence-electron chi connectivity index (χ2n) is 5.99. The van der Waals surface area contributed by atoms with Crippen LogP contribution in [-0.2, 0) is 4.79 Å². The lowest BCUT2D eigenvalue weighted by Gasteiger charge is -2.20. The normalized spacial score (nSPS) is 18.0. The molecule has 1 aliphatic heterocycles. The van der Waals surface area contributed by atoms with E-state index in [4.69, 9.17) is 4.74 Å². The van der Waals surface area contributed by atoms with Crippen molar-refractivity contribution in [1.29, 1.82) is 0 Å². The second-order valence-corrected chi connectivity index (χ2v) is 7.30. The first-order valence-corrected chi connectivity index (χ1v) is 9.41. The monoisotopic (exact) mass is 341 g/mol. The Labute approximate surface area is 148 Å². The fourth-order valence-corrected chi connectivity index (χ4v) is 4.13. The van der Waals surface area contributed by atoms with Crippen LogP contribution >= 0.6 is 11.8 Å². The number of benzene rings is 2. The zero-order valence-electron chi connectivity index (χ0n) is 14.0. The van der Waals surface area contributed by atoms with E-state index in [2.05, 4.69) is 24.3 Å². The van der Waals surface area contributed by atoms with E-state index in [0.717, 1.165) is 36.6 Å². The van der Waals surface area contributed by atoms with Crippen LogP contribution in [0.5, 0.6) is 5.75 Å². The summed E-state index contributed by atoms with van der Waals surface area (Å²) >= 11 is 1.94. The third kappa shape index (κ3) is 4.32. The van der Waals surface area contributed by atoms with Crippen molar-refractivity contribution in [2.45, 2.75) is 18.6 Å². The summed E-state index contributed by atoms with van der Waals surface area (Å²) < 4.78 is 5.71. The topological polar surface area (TPSA) is 29.5 Å². The van der Waals surface area contributed by atoms with Gasteiger partial charge in [-0.3, -0.25) is 4.79 Å². The van der Waals surface area contributed by atoms with Crippen molar-refractivity contribution in [2.75, 3.05) is 25.4 Å². The van der Waals surface area contributed by atoms with Crippen molar-refractivity contribution in [3.05, 3.63) is 65.7 Å². The SMILES string of the molecule is Cc1ccccc1OCC(=O)N1CCSC(c2ccccc2)CC1. The third-order valence-corrected chi connectivity index (χ3v) is 5.64. The second kappa shape index (κ2) is 8.25.